The normalized spacial score (nSPS) is 17.1. The van der Waals surface area contributed by atoms with Gasteiger partial charge >= 0.3 is 0 Å². The summed E-state index contributed by atoms with van der Waals surface area (Å²) in [5.41, 5.74) is 3.25. The lowest BCUT2D eigenvalue weighted by molar-refractivity contribution is 0.234. The molecule has 3 heteroatoms. The third-order valence-corrected chi connectivity index (χ3v) is 4.03. The fourth-order valence-corrected chi connectivity index (χ4v) is 3.02. The number of rotatable bonds is 4. The van der Waals surface area contributed by atoms with Gasteiger partial charge in [0.2, 0.25) is 0 Å². The van der Waals surface area contributed by atoms with Crippen LogP contribution < -0.4 is 5.32 Å². The van der Waals surface area contributed by atoms with Crippen molar-refractivity contribution in [2.75, 3.05) is 26.7 Å². The zero-order valence-corrected chi connectivity index (χ0v) is 12.4. The van der Waals surface area contributed by atoms with Gasteiger partial charge in [0.1, 0.15) is 5.75 Å². The van der Waals surface area contributed by atoms with Crippen LogP contribution in [0.2, 0.25) is 0 Å². The van der Waals surface area contributed by atoms with Gasteiger partial charge in [-0.3, -0.25) is 0 Å². The topological polar surface area (TPSA) is 35.5 Å². The highest BCUT2D eigenvalue weighted by molar-refractivity contribution is 5.42. The highest BCUT2D eigenvalue weighted by Crippen LogP contribution is 2.24. The fraction of sp³-hybridized carbons (Fsp3) is 0.625. The highest BCUT2D eigenvalue weighted by Gasteiger charge is 2.15. The molecule has 0 saturated carbocycles. The Balaban J connectivity index is 1.92. The van der Waals surface area contributed by atoms with Gasteiger partial charge in [-0.05, 0) is 69.4 Å². The lowest BCUT2D eigenvalue weighted by atomic mass is 9.97. The third-order valence-electron chi connectivity index (χ3n) is 4.03. The quantitative estimate of drug-likeness (QED) is 0.875. The second-order valence-electron chi connectivity index (χ2n) is 5.97. The summed E-state index contributed by atoms with van der Waals surface area (Å²) in [4.78, 5) is 2.40. The van der Waals surface area contributed by atoms with Crippen molar-refractivity contribution in [2.24, 2.45) is 5.92 Å². The number of piperidine rings is 1. The van der Waals surface area contributed by atoms with Gasteiger partial charge in [0.15, 0.2) is 0 Å². The van der Waals surface area contributed by atoms with Gasteiger partial charge in [-0.1, -0.05) is 12.1 Å². The van der Waals surface area contributed by atoms with E-state index in [2.05, 4.69) is 29.4 Å². The van der Waals surface area contributed by atoms with E-state index in [4.69, 9.17) is 0 Å². The summed E-state index contributed by atoms with van der Waals surface area (Å²) < 4.78 is 0. The standard InChI is InChI=1S/C16H26N2O/c1-12-8-15(9-13(2)16(12)19)11-18(3)10-14-4-6-17-7-5-14/h8-9,14,17,19H,4-7,10-11H2,1-3H3. The Labute approximate surface area is 116 Å². The molecule has 1 saturated heterocycles. The van der Waals surface area contributed by atoms with Crippen molar-refractivity contribution in [1.82, 2.24) is 10.2 Å². The van der Waals surface area contributed by atoms with E-state index in [1.165, 1.54) is 24.9 Å². The number of phenolic OH excluding ortho intramolecular Hbond substituents is 1. The molecule has 1 aromatic rings. The molecular formula is C16H26N2O. The maximum Gasteiger partial charge on any atom is 0.121 e. The molecule has 0 bridgehead atoms. The Hall–Kier alpha value is -1.06. The average molecular weight is 262 g/mol. The Morgan fingerprint density at radius 1 is 1.21 bits per heavy atom. The number of hydrogen-bond donors (Lipinski definition) is 2. The summed E-state index contributed by atoms with van der Waals surface area (Å²) >= 11 is 0. The minimum Gasteiger partial charge on any atom is -0.507 e. The Morgan fingerprint density at radius 3 is 2.37 bits per heavy atom. The van der Waals surface area contributed by atoms with Crippen LogP contribution in [0.15, 0.2) is 12.1 Å². The summed E-state index contributed by atoms with van der Waals surface area (Å²) in [6, 6.07) is 4.20. The van der Waals surface area contributed by atoms with E-state index in [1.807, 2.05) is 13.8 Å². The molecule has 0 unspecified atom stereocenters. The van der Waals surface area contributed by atoms with E-state index >= 15 is 0 Å². The van der Waals surface area contributed by atoms with Gasteiger partial charge in [-0.15, -0.1) is 0 Å². The van der Waals surface area contributed by atoms with Gasteiger partial charge in [0.05, 0.1) is 0 Å². The maximum absolute atomic E-state index is 9.81. The summed E-state index contributed by atoms with van der Waals surface area (Å²) in [5.74, 6) is 1.26. The first-order chi connectivity index (χ1) is 9.06. The van der Waals surface area contributed by atoms with Crippen LogP contribution in [0, 0.1) is 19.8 Å². The van der Waals surface area contributed by atoms with E-state index in [0.29, 0.717) is 5.75 Å². The minimum absolute atomic E-state index is 0.435. The summed E-state index contributed by atoms with van der Waals surface area (Å²) in [5, 5.41) is 13.2. The predicted molar refractivity (Wildman–Crippen MR) is 79.5 cm³/mol. The molecule has 1 aliphatic rings. The molecule has 2 N–H and O–H groups in total. The number of nitrogens with one attached hydrogen (secondary N) is 1. The molecule has 0 spiro atoms. The van der Waals surface area contributed by atoms with E-state index in [9.17, 15) is 5.11 Å². The summed E-state index contributed by atoms with van der Waals surface area (Å²) in [6.45, 7) is 8.40. The van der Waals surface area contributed by atoms with Crippen LogP contribution in [0.1, 0.15) is 29.5 Å². The van der Waals surface area contributed by atoms with Crippen LogP contribution in [0.5, 0.6) is 5.75 Å². The first-order valence-corrected chi connectivity index (χ1v) is 7.24. The zero-order chi connectivity index (χ0) is 13.8. The molecule has 0 aromatic heterocycles. The van der Waals surface area contributed by atoms with Crippen molar-refractivity contribution in [3.05, 3.63) is 28.8 Å². The molecule has 1 heterocycles. The van der Waals surface area contributed by atoms with E-state index in [0.717, 1.165) is 36.7 Å². The molecule has 3 nitrogen and oxygen atoms in total. The lowest BCUT2D eigenvalue weighted by Crippen LogP contribution is -2.34. The van der Waals surface area contributed by atoms with Crippen molar-refractivity contribution in [3.8, 4) is 5.75 Å². The highest BCUT2D eigenvalue weighted by atomic mass is 16.3. The van der Waals surface area contributed by atoms with E-state index < -0.39 is 0 Å². The molecule has 2 rings (SSSR count). The number of nitrogens with zero attached hydrogens (tertiary/aromatic N) is 1. The first-order valence-electron chi connectivity index (χ1n) is 7.24. The van der Waals surface area contributed by atoms with Gasteiger partial charge in [-0.2, -0.15) is 0 Å². The Kier molecular flexibility index (Phi) is 4.83. The fourth-order valence-electron chi connectivity index (χ4n) is 3.02. The summed E-state index contributed by atoms with van der Waals surface area (Å²) in [7, 11) is 2.19. The first kappa shape index (κ1) is 14.4. The van der Waals surface area contributed by atoms with Gasteiger partial charge < -0.3 is 15.3 Å². The zero-order valence-electron chi connectivity index (χ0n) is 12.4. The van der Waals surface area contributed by atoms with Crippen LogP contribution in [0.4, 0.5) is 0 Å². The molecule has 0 radical (unpaired) electrons. The molecular weight excluding hydrogens is 236 g/mol. The summed E-state index contributed by atoms with van der Waals surface area (Å²) in [6.07, 6.45) is 2.58. The number of aryl methyl sites for hydroxylation is 2. The minimum atomic E-state index is 0.435. The molecule has 1 aromatic carbocycles. The van der Waals surface area contributed by atoms with E-state index in [-0.39, 0.29) is 0 Å². The Bertz CT molecular complexity index is 402. The predicted octanol–water partition coefficient (Wildman–Crippen LogP) is 2.44. The number of benzene rings is 1. The monoisotopic (exact) mass is 262 g/mol. The van der Waals surface area contributed by atoms with Crippen LogP contribution in [-0.4, -0.2) is 36.7 Å². The van der Waals surface area contributed by atoms with Crippen molar-refractivity contribution < 1.29 is 5.11 Å². The van der Waals surface area contributed by atoms with Crippen LogP contribution in [-0.2, 0) is 6.54 Å². The van der Waals surface area contributed by atoms with Gasteiger partial charge in [0.25, 0.3) is 0 Å². The second kappa shape index (κ2) is 6.40. The molecule has 19 heavy (non-hydrogen) atoms. The van der Waals surface area contributed by atoms with Crippen LogP contribution in [0.25, 0.3) is 0 Å². The molecule has 1 fully saturated rings. The van der Waals surface area contributed by atoms with Gasteiger partial charge in [0, 0.05) is 13.1 Å². The number of phenols is 1. The second-order valence-corrected chi connectivity index (χ2v) is 5.97. The number of aromatic hydroxyl groups is 1. The Morgan fingerprint density at radius 2 is 1.79 bits per heavy atom. The molecule has 106 valence electrons. The molecule has 0 amide bonds. The average Bonchev–Trinajstić information content (AvgIpc) is 2.37. The van der Waals surface area contributed by atoms with Crippen molar-refractivity contribution in [2.45, 2.75) is 33.2 Å². The lowest BCUT2D eigenvalue weighted by Gasteiger charge is -2.27. The van der Waals surface area contributed by atoms with Crippen molar-refractivity contribution in [3.63, 3.8) is 0 Å². The number of hydrogen-bond acceptors (Lipinski definition) is 3. The van der Waals surface area contributed by atoms with E-state index in [1.54, 1.807) is 0 Å². The third kappa shape index (κ3) is 3.95. The SMILES string of the molecule is Cc1cc(CN(C)CC2CCNCC2)cc(C)c1O. The smallest absolute Gasteiger partial charge is 0.121 e. The van der Waals surface area contributed by atoms with Gasteiger partial charge in [-0.25, -0.2) is 0 Å². The molecule has 0 aliphatic carbocycles. The molecule has 1 aliphatic heterocycles. The van der Waals surface area contributed by atoms with Crippen LogP contribution in [0.3, 0.4) is 0 Å². The van der Waals surface area contributed by atoms with Crippen LogP contribution >= 0.6 is 0 Å². The van der Waals surface area contributed by atoms with Crippen molar-refractivity contribution in [1.29, 1.82) is 0 Å². The largest absolute Gasteiger partial charge is 0.507 e. The maximum atomic E-state index is 9.81. The molecule has 0 atom stereocenters. The van der Waals surface area contributed by atoms with Crippen molar-refractivity contribution >= 4 is 0 Å².